The molecule has 0 atom stereocenters. The van der Waals surface area contributed by atoms with Crippen LogP contribution in [0.1, 0.15) is 12.5 Å². The van der Waals surface area contributed by atoms with Gasteiger partial charge in [0.1, 0.15) is 11.3 Å². The molecule has 8 heteroatoms. The minimum Gasteiger partial charge on any atom is -0.504 e. The summed E-state index contributed by atoms with van der Waals surface area (Å²) in [5.74, 6) is 1.49. The van der Waals surface area contributed by atoms with Gasteiger partial charge in [0, 0.05) is 22.4 Å². The minimum absolute atomic E-state index is 0.0513. The van der Waals surface area contributed by atoms with Gasteiger partial charge in [-0.25, -0.2) is 9.98 Å². The van der Waals surface area contributed by atoms with Crippen molar-refractivity contribution in [3.63, 3.8) is 0 Å². The van der Waals surface area contributed by atoms with E-state index < -0.39 is 0 Å². The number of phenols is 2. The number of nitrogens with zero attached hydrogens (tertiary/aromatic N) is 3. The summed E-state index contributed by atoms with van der Waals surface area (Å²) in [6.45, 7) is 2.30. The first kappa shape index (κ1) is 20.7. The van der Waals surface area contributed by atoms with Crippen LogP contribution in [0.5, 0.6) is 23.0 Å². The number of fused-ring (bicyclic) bond motifs is 1. The van der Waals surface area contributed by atoms with Gasteiger partial charge >= 0.3 is 0 Å². The molecule has 0 fully saturated rings. The van der Waals surface area contributed by atoms with Crippen LogP contribution >= 0.6 is 15.9 Å². The molecule has 0 aliphatic heterocycles. The van der Waals surface area contributed by atoms with Crippen LogP contribution in [-0.2, 0) is 0 Å². The number of ether oxygens (including phenoxy) is 2. The van der Waals surface area contributed by atoms with Gasteiger partial charge in [-0.3, -0.25) is 4.40 Å². The van der Waals surface area contributed by atoms with Gasteiger partial charge in [0.15, 0.2) is 28.8 Å². The van der Waals surface area contributed by atoms with Crippen molar-refractivity contribution in [2.24, 2.45) is 4.99 Å². The zero-order valence-electron chi connectivity index (χ0n) is 16.9. The van der Waals surface area contributed by atoms with Crippen LogP contribution in [0.2, 0.25) is 0 Å². The number of benzene rings is 2. The highest BCUT2D eigenvalue weighted by molar-refractivity contribution is 9.10. The predicted octanol–water partition coefficient (Wildman–Crippen LogP) is 5.33. The van der Waals surface area contributed by atoms with Crippen molar-refractivity contribution in [1.29, 1.82) is 0 Å². The van der Waals surface area contributed by atoms with Crippen molar-refractivity contribution >= 4 is 33.6 Å². The lowest BCUT2D eigenvalue weighted by Crippen LogP contribution is -1.93. The second kappa shape index (κ2) is 8.69. The molecule has 158 valence electrons. The first-order chi connectivity index (χ1) is 15.0. The van der Waals surface area contributed by atoms with Gasteiger partial charge in [-0.05, 0) is 76.9 Å². The lowest BCUT2D eigenvalue weighted by atomic mass is 10.1. The van der Waals surface area contributed by atoms with E-state index in [1.165, 1.54) is 7.11 Å². The molecule has 4 rings (SSSR count). The number of aromatic nitrogens is 2. The molecule has 0 spiro atoms. The summed E-state index contributed by atoms with van der Waals surface area (Å²) in [5.41, 5.74) is 2.87. The van der Waals surface area contributed by atoms with E-state index in [1.54, 1.807) is 42.6 Å². The Hall–Kier alpha value is -3.52. The highest BCUT2D eigenvalue weighted by atomic mass is 79.9. The number of hydrogen-bond acceptors (Lipinski definition) is 6. The van der Waals surface area contributed by atoms with Crippen LogP contribution in [0.3, 0.4) is 0 Å². The average molecular weight is 482 g/mol. The molecule has 7 nitrogen and oxygen atoms in total. The molecule has 2 aromatic carbocycles. The lowest BCUT2D eigenvalue weighted by Gasteiger charge is -2.07. The topological polar surface area (TPSA) is 88.6 Å². The highest BCUT2D eigenvalue weighted by Gasteiger charge is 2.16. The molecule has 0 aliphatic rings. The van der Waals surface area contributed by atoms with E-state index in [4.69, 9.17) is 19.5 Å². The van der Waals surface area contributed by atoms with Gasteiger partial charge < -0.3 is 19.7 Å². The van der Waals surface area contributed by atoms with Gasteiger partial charge in [0.25, 0.3) is 0 Å². The maximum absolute atomic E-state index is 9.95. The Morgan fingerprint density at radius 3 is 2.61 bits per heavy atom. The zero-order chi connectivity index (χ0) is 22.0. The largest absolute Gasteiger partial charge is 0.504 e. The monoisotopic (exact) mass is 481 g/mol. The minimum atomic E-state index is 0.0513. The van der Waals surface area contributed by atoms with Gasteiger partial charge in [-0.15, -0.1) is 0 Å². The Kier molecular flexibility index (Phi) is 5.81. The van der Waals surface area contributed by atoms with Crippen LogP contribution in [-0.4, -0.2) is 39.5 Å². The smallest absolute Gasteiger partial charge is 0.165 e. The van der Waals surface area contributed by atoms with Crippen molar-refractivity contribution in [1.82, 2.24) is 9.38 Å². The summed E-state index contributed by atoms with van der Waals surface area (Å²) in [7, 11) is 1.50. The van der Waals surface area contributed by atoms with E-state index >= 15 is 0 Å². The van der Waals surface area contributed by atoms with Gasteiger partial charge in [-0.2, -0.15) is 0 Å². The number of phenolic OH excluding ortho intramolecular Hbond substituents is 2. The molecule has 0 saturated heterocycles. The fourth-order valence-electron chi connectivity index (χ4n) is 3.17. The summed E-state index contributed by atoms with van der Waals surface area (Å²) < 4.78 is 13.5. The van der Waals surface area contributed by atoms with Crippen molar-refractivity contribution in [2.45, 2.75) is 6.92 Å². The molecule has 4 aromatic rings. The summed E-state index contributed by atoms with van der Waals surface area (Å²) in [6, 6.07) is 13.9. The molecule has 0 unspecified atom stereocenters. The normalized spacial score (nSPS) is 11.3. The van der Waals surface area contributed by atoms with Crippen LogP contribution in [0.25, 0.3) is 16.9 Å². The molecule has 2 N–H and O–H groups in total. The van der Waals surface area contributed by atoms with Crippen LogP contribution in [0.4, 0.5) is 5.82 Å². The second-order valence-corrected chi connectivity index (χ2v) is 7.58. The van der Waals surface area contributed by atoms with E-state index in [9.17, 15) is 10.2 Å². The Bertz CT molecular complexity index is 1280. The lowest BCUT2D eigenvalue weighted by molar-refractivity contribution is 0.318. The van der Waals surface area contributed by atoms with Crippen molar-refractivity contribution in [2.75, 3.05) is 13.7 Å². The number of rotatable bonds is 6. The third kappa shape index (κ3) is 4.20. The van der Waals surface area contributed by atoms with Crippen LogP contribution in [0, 0.1) is 0 Å². The highest BCUT2D eigenvalue weighted by Crippen LogP contribution is 2.36. The molecule has 0 aliphatic carbocycles. The van der Waals surface area contributed by atoms with Crippen LogP contribution in [0.15, 0.2) is 64.2 Å². The van der Waals surface area contributed by atoms with Crippen LogP contribution < -0.4 is 9.47 Å². The van der Waals surface area contributed by atoms with Gasteiger partial charge in [-0.1, -0.05) is 0 Å². The third-order valence-corrected chi connectivity index (χ3v) is 5.10. The molecule has 0 amide bonds. The van der Waals surface area contributed by atoms with Gasteiger partial charge in [0.05, 0.1) is 13.7 Å². The first-order valence-electron chi connectivity index (χ1n) is 9.55. The molecule has 0 radical (unpaired) electrons. The number of methoxy groups -OCH3 is 1. The fraction of sp³-hybridized carbons (Fsp3) is 0.130. The van der Waals surface area contributed by atoms with Crippen molar-refractivity contribution in [3.05, 3.63) is 64.8 Å². The number of hydrogen-bond donors (Lipinski definition) is 2. The summed E-state index contributed by atoms with van der Waals surface area (Å²) in [4.78, 5) is 9.43. The Morgan fingerprint density at radius 1 is 1.06 bits per heavy atom. The predicted molar refractivity (Wildman–Crippen MR) is 123 cm³/mol. The molecule has 0 bridgehead atoms. The maximum atomic E-state index is 9.95. The van der Waals surface area contributed by atoms with E-state index in [2.05, 4.69) is 15.9 Å². The van der Waals surface area contributed by atoms with E-state index in [1.807, 2.05) is 29.7 Å². The Balaban J connectivity index is 1.85. The fourth-order valence-corrected chi connectivity index (χ4v) is 3.50. The number of aromatic hydroxyl groups is 2. The summed E-state index contributed by atoms with van der Waals surface area (Å²) in [6.07, 6.45) is 3.58. The molecular formula is C23H20BrN3O4. The Labute approximate surface area is 187 Å². The van der Waals surface area contributed by atoms with Gasteiger partial charge in [0.2, 0.25) is 0 Å². The quantitative estimate of drug-likeness (QED) is 0.363. The third-order valence-electron chi connectivity index (χ3n) is 4.63. The number of aliphatic imine (C=N–C) groups is 1. The maximum Gasteiger partial charge on any atom is 0.165 e. The van der Waals surface area contributed by atoms with Crippen molar-refractivity contribution in [3.8, 4) is 34.3 Å². The van der Waals surface area contributed by atoms with E-state index in [0.29, 0.717) is 29.6 Å². The molecule has 2 aromatic heterocycles. The Morgan fingerprint density at radius 2 is 1.84 bits per heavy atom. The molecule has 31 heavy (non-hydrogen) atoms. The molecule has 0 saturated carbocycles. The average Bonchev–Trinajstić information content (AvgIpc) is 3.12. The number of pyridine rings is 1. The molecular weight excluding hydrogens is 462 g/mol. The number of imidazole rings is 1. The second-order valence-electron chi connectivity index (χ2n) is 6.66. The molecule has 2 heterocycles. The van der Waals surface area contributed by atoms with E-state index in [0.717, 1.165) is 21.2 Å². The zero-order valence-corrected chi connectivity index (χ0v) is 18.5. The SMILES string of the molecule is CCOc1cc(C=Nc2c(-c3ccc(O)c(OC)c3)nc3ccc(Br)cn23)ccc1O. The first-order valence-corrected chi connectivity index (χ1v) is 10.3. The standard InChI is InChI=1S/C23H20BrN3O4/c1-3-31-20-10-14(4-7-18(20)29)12-25-23-22(15-5-8-17(28)19(11-15)30-2)26-21-9-6-16(24)13-27(21)23/h4-13,28-29H,3H2,1-2H3. The summed E-state index contributed by atoms with van der Waals surface area (Å²) in [5, 5.41) is 19.9. The van der Waals surface area contributed by atoms with Crippen molar-refractivity contribution < 1.29 is 19.7 Å². The summed E-state index contributed by atoms with van der Waals surface area (Å²) >= 11 is 3.50. The van der Waals surface area contributed by atoms with E-state index in [-0.39, 0.29) is 11.5 Å². The number of halogens is 1.